The summed E-state index contributed by atoms with van der Waals surface area (Å²) >= 11 is 1.50. The summed E-state index contributed by atoms with van der Waals surface area (Å²) in [6.07, 6.45) is -0.674. The molecule has 0 aliphatic heterocycles. The smallest absolute Gasteiger partial charge is 0.406 e. The lowest BCUT2D eigenvalue weighted by Gasteiger charge is -2.13. The lowest BCUT2D eigenvalue weighted by Crippen LogP contribution is -2.38. The van der Waals surface area contributed by atoms with Crippen LogP contribution in [0.15, 0.2) is 78.0 Å². The number of alkyl halides is 3. The molecule has 4 aromatic rings. The number of carbonyl (C=O) groups excluding carboxylic acids is 1. The van der Waals surface area contributed by atoms with Gasteiger partial charge in [-0.2, -0.15) is 0 Å². The van der Waals surface area contributed by atoms with Crippen molar-refractivity contribution in [2.24, 2.45) is 4.99 Å². The van der Waals surface area contributed by atoms with E-state index in [1.807, 2.05) is 44.2 Å². The number of carbonyl (C=O) groups is 1. The number of nitrogens with zero attached hydrogens (tertiary/aromatic N) is 4. The Labute approximate surface area is 265 Å². The van der Waals surface area contributed by atoms with Crippen LogP contribution >= 0.6 is 11.8 Å². The normalized spacial score (nSPS) is 12.0. The van der Waals surface area contributed by atoms with Gasteiger partial charge in [0.05, 0.1) is 11.4 Å². The minimum Gasteiger partial charge on any atom is -0.406 e. The molecule has 0 saturated carbocycles. The largest absolute Gasteiger partial charge is 0.573 e. The van der Waals surface area contributed by atoms with Crippen LogP contribution in [0.25, 0.3) is 17.1 Å². The SMILES string of the molecule is CCSC(=Nc1cc(C)ccc1C(C)C)NC(=O)NCCCCc1ccc(-c2ncn(-c3ccc(OC(F)(F)F)cc3)n2)cc1. The number of benzene rings is 3. The first kappa shape index (κ1) is 33.6. The third-order valence-electron chi connectivity index (χ3n) is 6.75. The molecular formula is C33H37F3N6O2S. The molecule has 0 aliphatic carbocycles. The summed E-state index contributed by atoms with van der Waals surface area (Å²) in [5.74, 6) is 1.31. The number of rotatable bonds is 11. The monoisotopic (exact) mass is 638 g/mol. The van der Waals surface area contributed by atoms with Crippen molar-refractivity contribution < 1.29 is 22.7 Å². The molecule has 0 fully saturated rings. The van der Waals surface area contributed by atoms with E-state index < -0.39 is 6.36 Å². The fourth-order valence-corrected chi connectivity index (χ4v) is 5.12. The number of amidine groups is 1. The van der Waals surface area contributed by atoms with Crippen molar-refractivity contribution in [3.63, 3.8) is 0 Å². The molecule has 4 rings (SSSR count). The second-order valence-corrected chi connectivity index (χ2v) is 11.9. The topological polar surface area (TPSA) is 93.4 Å². The highest BCUT2D eigenvalue weighted by Crippen LogP contribution is 2.29. The fourth-order valence-electron chi connectivity index (χ4n) is 4.52. The van der Waals surface area contributed by atoms with Crippen molar-refractivity contribution >= 4 is 28.6 Å². The van der Waals surface area contributed by atoms with E-state index in [2.05, 4.69) is 51.4 Å². The van der Waals surface area contributed by atoms with Gasteiger partial charge in [0.25, 0.3) is 0 Å². The number of aliphatic imine (C=N–C) groups is 1. The number of aryl methyl sites for hydroxylation is 2. The van der Waals surface area contributed by atoms with Crippen LogP contribution in [-0.4, -0.2) is 44.6 Å². The van der Waals surface area contributed by atoms with E-state index in [9.17, 15) is 18.0 Å². The molecule has 0 bridgehead atoms. The predicted octanol–water partition coefficient (Wildman–Crippen LogP) is 8.33. The molecule has 1 heterocycles. The van der Waals surface area contributed by atoms with Crippen LogP contribution in [0.2, 0.25) is 0 Å². The van der Waals surface area contributed by atoms with Gasteiger partial charge in [-0.3, -0.25) is 5.32 Å². The fraction of sp³-hybridized carbons (Fsp3) is 0.333. The highest BCUT2D eigenvalue weighted by molar-refractivity contribution is 8.13. The average Bonchev–Trinajstić information content (AvgIpc) is 3.47. The number of ether oxygens (including phenoxy) is 1. The summed E-state index contributed by atoms with van der Waals surface area (Å²) in [5.41, 5.74) is 5.67. The van der Waals surface area contributed by atoms with Crippen LogP contribution in [0.4, 0.5) is 23.7 Å². The summed E-state index contributed by atoms with van der Waals surface area (Å²) in [7, 11) is 0. The van der Waals surface area contributed by atoms with Gasteiger partial charge in [-0.15, -0.1) is 18.3 Å². The van der Waals surface area contributed by atoms with E-state index in [1.54, 1.807) is 0 Å². The molecule has 2 N–H and O–H groups in total. The second-order valence-electron chi connectivity index (χ2n) is 10.7. The Kier molecular flexibility index (Phi) is 11.6. The van der Waals surface area contributed by atoms with Gasteiger partial charge >= 0.3 is 12.4 Å². The first-order valence-electron chi connectivity index (χ1n) is 14.7. The minimum absolute atomic E-state index is 0.268. The molecule has 2 amide bonds. The van der Waals surface area contributed by atoms with E-state index >= 15 is 0 Å². The van der Waals surface area contributed by atoms with E-state index in [4.69, 9.17) is 4.99 Å². The molecular weight excluding hydrogens is 601 g/mol. The van der Waals surface area contributed by atoms with Crippen LogP contribution in [0.3, 0.4) is 0 Å². The summed E-state index contributed by atoms with van der Waals surface area (Å²) in [6, 6.07) is 19.3. The molecule has 0 aliphatic rings. The van der Waals surface area contributed by atoms with Crippen molar-refractivity contribution in [2.75, 3.05) is 12.3 Å². The Hall–Kier alpha value is -4.32. The van der Waals surface area contributed by atoms with Crippen LogP contribution in [0, 0.1) is 6.92 Å². The Bertz CT molecular complexity index is 1590. The Morgan fingerprint density at radius 1 is 1.04 bits per heavy atom. The zero-order valence-corrected chi connectivity index (χ0v) is 26.5. The standard InChI is InChI=1S/C33H37F3N6O2S/c1-5-45-32(39-29-20-23(4)9-18-28(29)22(2)3)40-31(43)37-19-7-6-8-24-10-12-25(13-11-24)30-38-21-42(41-30)26-14-16-27(17-15-26)44-33(34,35)36/h9-18,20-22H,5-8,19H2,1-4H3,(H2,37,39,40,43). The Morgan fingerprint density at radius 3 is 2.44 bits per heavy atom. The van der Waals surface area contributed by atoms with Gasteiger partial charge in [0.15, 0.2) is 11.0 Å². The first-order valence-corrected chi connectivity index (χ1v) is 15.7. The van der Waals surface area contributed by atoms with Crippen molar-refractivity contribution in [2.45, 2.75) is 59.2 Å². The van der Waals surface area contributed by atoms with Crippen molar-refractivity contribution in [3.05, 3.63) is 89.7 Å². The Morgan fingerprint density at radius 2 is 1.78 bits per heavy atom. The molecule has 8 nitrogen and oxygen atoms in total. The predicted molar refractivity (Wildman–Crippen MR) is 173 cm³/mol. The number of nitrogens with one attached hydrogen (secondary N) is 2. The lowest BCUT2D eigenvalue weighted by atomic mass is 10.00. The van der Waals surface area contributed by atoms with E-state index in [1.165, 1.54) is 47.0 Å². The second kappa shape index (κ2) is 15.6. The number of urea groups is 1. The summed E-state index contributed by atoms with van der Waals surface area (Å²) in [6.45, 7) is 8.86. The van der Waals surface area contributed by atoms with Crippen LogP contribution in [0.1, 0.15) is 56.2 Å². The zero-order valence-electron chi connectivity index (χ0n) is 25.7. The quantitative estimate of drug-likeness (QED) is 0.0979. The van der Waals surface area contributed by atoms with Crippen LogP contribution < -0.4 is 15.4 Å². The van der Waals surface area contributed by atoms with Gasteiger partial charge in [-0.25, -0.2) is 19.5 Å². The van der Waals surface area contributed by atoms with Crippen molar-refractivity contribution in [1.29, 1.82) is 0 Å². The number of hydrogen-bond donors (Lipinski definition) is 2. The maximum atomic E-state index is 12.6. The molecule has 12 heteroatoms. The molecule has 1 aromatic heterocycles. The summed E-state index contributed by atoms with van der Waals surface area (Å²) in [5, 5.41) is 10.9. The number of halogens is 3. The number of amides is 2. The molecule has 0 radical (unpaired) electrons. The highest BCUT2D eigenvalue weighted by atomic mass is 32.2. The zero-order chi connectivity index (χ0) is 32.4. The van der Waals surface area contributed by atoms with E-state index in [-0.39, 0.29) is 11.8 Å². The third-order valence-corrected chi connectivity index (χ3v) is 7.50. The summed E-state index contributed by atoms with van der Waals surface area (Å²) < 4.78 is 42.6. The third kappa shape index (κ3) is 10.4. The number of thioether (sulfide) groups is 1. The van der Waals surface area contributed by atoms with Crippen molar-refractivity contribution in [3.8, 4) is 22.8 Å². The maximum Gasteiger partial charge on any atom is 0.573 e. The minimum atomic E-state index is -4.74. The number of unbranched alkanes of at least 4 members (excludes halogenated alkanes) is 1. The maximum absolute atomic E-state index is 12.6. The van der Waals surface area contributed by atoms with Crippen molar-refractivity contribution in [1.82, 2.24) is 25.4 Å². The molecule has 0 unspecified atom stereocenters. The first-order chi connectivity index (χ1) is 21.5. The number of hydrogen-bond acceptors (Lipinski definition) is 6. The molecule has 0 atom stereocenters. The van der Waals surface area contributed by atoms with Gasteiger partial charge in [0.2, 0.25) is 0 Å². The van der Waals surface area contributed by atoms with Gasteiger partial charge in [-0.05, 0) is 84.9 Å². The van der Waals surface area contributed by atoms with Gasteiger partial charge in [0, 0.05) is 12.1 Å². The van der Waals surface area contributed by atoms with Crippen LogP contribution in [0.5, 0.6) is 5.75 Å². The highest BCUT2D eigenvalue weighted by Gasteiger charge is 2.31. The number of aromatic nitrogens is 3. The lowest BCUT2D eigenvalue weighted by molar-refractivity contribution is -0.274. The molecule has 0 saturated heterocycles. The average molecular weight is 639 g/mol. The van der Waals surface area contributed by atoms with Gasteiger partial charge in [-0.1, -0.05) is 68.9 Å². The molecule has 238 valence electrons. The molecule has 0 spiro atoms. The van der Waals surface area contributed by atoms with E-state index in [0.717, 1.165) is 53.0 Å². The van der Waals surface area contributed by atoms with E-state index in [0.29, 0.717) is 29.1 Å². The van der Waals surface area contributed by atoms with Gasteiger partial charge < -0.3 is 10.1 Å². The Balaban J connectivity index is 1.23. The molecule has 3 aromatic carbocycles. The van der Waals surface area contributed by atoms with Crippen LogP contribution in [-0.2, 0) is 6.42 Å². The van der Waals surface area contributed by atoms with Gasteiger partial charge in [0.1, 0.15) is 12.1 Å². The summed E-state index contributed by atoms with van der Waals surface area (Å²) in [4.78, 5) is 21.7. The molecule has 45 heavy (non-hydrogen) atoms.